The van der Waals surface area contributed by atoms with Gasteiger partial charge in [-0.3, -0.25) is 0 Å². The maximum atomic E-state index is 4.84. The fraction of sp³-hybridized carbons (Fsp3) is 0.471. The zero-order chi connectivity index (χ0) is 13.9. The number of para-hydroxylation sites is 1. The maximum Gasteiger partial charge on any atom is 0.129 e. The lowest BCUT2D eigenvalue weighted by atomic mass is 10.1. The molecule has 1 saturated heterocycles. The molecule has 0 bridgehead atoms. The summed E-state index contributed by atoms with van der Waals surface area (Å²) in [4.78, 5) is 7.25. The molecule has 1 fully saturated rings. The third-order valence-electron chi connectivity index (χ3n) is 4.08. The summed E-state index contributed by atoms with van der Waals surface area (Å²) in [6.45, 7) is 6.68. The standard InChI is InChI=1S/C17H23N3/c1-13(2)20(12-15-7-5-11-18-15)17-10-9-14-6-3-4-8-16(14)19-17/h3-4,6,8-10,13,15,18H,5,7,11-12H2,1-2H3. The molecule has 0 amide bonds. The molecule has 1 unspecified atom stereocenters. The molecule has 1 aromatic heterocycles. The van der Waals surface area contributed by atoms with Crippen molar-refractivity contribution in [3.05, 3.63) is 36.4 Å². The first-order chi connectivity index (χ1) is 9.74. The maximum absolute atomic E-state index is 4.84. The van der Waals surface area contributed by atoms with Crippen LogP contribution in [0, 0.1) is 0 Å². The zero-order valence-corrected chi connectivity index (χ0v) is 12.3. The number of pyridine rings is 1. The molecule has 0 aliphatic carbocycles. The molecular formula is C17H23N3. The Morgan fingerprint density at radius 3 is 2.85 bits per heavy atom. The topological polar surface area (TPSA) is 28.2 Å². The molecule has 3 rings (SSSR count). The van der Waals surface area contributed by atoms with Crippen molar-refractivity contribution >= 4 is 16.7 Å². The second kappa shape index (κ2) is 5.80. The van der Waals surface area contributed by atoms with E-state index in [9.17, 15) is 0 Å². The van der Waals surface area contributed by atoms with Gasteiger partial charge in [-0.15, -0.1) is 0 Å². The van der Waals surface area contributed by atoms with Gasteiger partial charge in [-0.25, -0.2) is 4.98 Å². The Hall–Kier alpha value is -1.61. The number of nitrogens with one attached hydrogen (secondary N) is 1. The normalized spacial score (nSPS) is 18.9. The van der Waals surface area contributed by atoms with Crippen molar-refractivity contribution < 1.29 is 0 Å². The molecular weight excluding hydrogens is 246 g/mol. The SMILES string of the molecule is CC(C)N(CC1CCCN1)c1ccc2ccccc2n1. The van der Waals surface area contributed by atoms with E-state index in [1.54, 1.807) is 0 Å². The van der Waals surface area contributed by atoms with Crippen LogP contribution < -0.4 is 10.2 Å². The Balaban J connectivity index is 1.87. The van der Waals surface area contributed by atoms with E-state index in [-0.39, 0.29) is 0 Å². The van der Waals surface area contributed by atoms with Crippen molar-refractivity contribution in [2.24, 2.45) is 0 Å². The number of hydrogen-bond acceptors (Lipinski definition) is 3. The third-order valence-corrected chi connectivity index (χ3v) is 4.08. The van der Waals surface area contributed by atoms with Crippen LogP contribution in [0.3, 0.4) is 0 Å². The van der Waals surface area contributed by atoms with Crippen molar-refractivity contribution in [1.82, 2.24) is 10.3 Å². The zero-order valence-electron chi connectivity index (χ0n) is 12.3. The minimum Gasteiger partial charge on any atom is -0.353 e. The molecule has 3 heteroatoms. The molecule has 1 aromatic carbocycles. The largest absolute Gasteiger partial charge is 0.353 e. The minimum atomic E-state index is 0.464. The van der Waals surface area contributed by atoms with E-state index in [1.165, 1.54) is 18.2 Å². The summed E-state index contributed by atoms with van der Waals surface area (Å²) in [7, 11) is 0. The van der Waals surface area contributed by atoms with Crippen molar-refractivity contribution in [3.8, 4) is 0 Å². The highest BCUT2D eigenvalue weighted by atomic mass is 15.2. The van der Waals surface area contributed by atoms with Crippen LogP contribution in [0.5, 0.6) is 0 Å². The van der Waals surface area contributed by atoms with Crippen molar-refractivity contribution in [2.45, 2.75) is 38.8 Å². The van der Waals surface area contributed by atoms with E-state index in [0.29, 0.717) is 12.1 Å². The second-order valence-corrected chi connectivity index (χ2v) is 5.90. The molecule has 2 heterocycles. The summed E-state index contributed by atoms with van der Waals surface area (Å²) in [5.74, 6) is 1.09. The number of aromatic nitrogens is 1. The van der Waals surface area contributed by atoms with E-state index < -0.39 is 0 Å². The Kier molecular flexibility index (Phi) is 3.88. The Bertz CT molecular complexity index is 573. The summed E-state index contributed by atoms with van der Waals surface area (Å²) in [6.07, 6.45) is 2.57. The van der Waals surface area contributed by atoms with Crippen LogP contribution in [0.4, 0.5) is 5.82 Å². The van der Waals surface area contributed by atoms with Crippen LogP contribution in [0.15, 0.2) is 36.4 Å². The number of anilines is 1. The van der Waals surface area contributed by atoms with Gasteiger partial charge in [0.15, 0.2) is 0 Å². The number of rotatable bonds is 4. The average Bonchev–Trinajstić information content (AvgIpc) is 2.97. The van der Waals surface area contributed by atoms with Gasteiger partial charge in [-0.1, -0.05) is 18.2 Å². The lowest BCUT2D eigenvalue weighted by molar-refractivity contribution is 0.549. The molecule has 1 aliphatic rings. The molecule has 1 aliphatic heterocycles. The van der Waals surface area contributed by atoms with Crippen molar-refractivity contribution in [2.75, 3.05) is 18.0 Å². The van der Waals surface area contributed by atoms with E-state index in [1.807, 2.05) is 0 Å². The number of fused-ring (bicyclic) bond motifs is 1. The Morgan fingerprint density at radius 2 is 2.10 bits per heavy atom. The molecule has 1 atom stereocenters. The van der Waals surface area contributed by atoms with Gasteiger partial charge in [0.25, 0.3) is 0 Å². The predicted octanol–water partition coefficient (Wildman–Crippen LogP) is 3.20. The highest BCUT2D eigenvalue weighted by Gasteiger charge is 2.20. The van der Waals surface area contributed by atoms with Crippen LogP contribution in [-0.2, 0) is 0 Å². The summed E-state index contributed by atoms with van der Waals surface area (Å²) < 4.78 is 0. The molecule has 106 valence electrons. The molecule has 1 N–H and O–H groups in total. The third kappa shape index (κ3) is 2.78. The quantitative estimate of drug-likeness (QED) is 0.924. The number of hydrogen-bond donors (Lipinski definition) is 1. The summed E-state index contributed by atoms with van der Waals surface area (Å²) in [5, 5.41) is 4.79. The van der Waals surface area contributed by atoms with Gasteiger partial charge in [0.2, 0.25) is 0 Å². The minimum absolute atomic E-state index is 0.464. The molecule has 3 nitrogen and oxygen atoms in total. The fourth-order valence-corrected chi connectivity index (χ4v) is 2.93. The second-order valence-electron chi connectivity index (χ2n) is 5.90. The van der Waals surface area contributed by atoms with Gasteiger partial charge in [-0.05, 0) is 51.4 Å². The van der Waals surface area contributed by atoms with Gasteiger partial charge in [0.05, 0.1) is 5.52 Å². The average molecular weight is 269 g/mol. The van der Waals surface area contributed by atoms with Gasteiger partial charge >= 0.3 is 0 Å². The highest BCUT2D eigenvalue weighted by Crippen LogP contribution is 2.21. The predicted molar refractivity (Wildman–Crippen MR) is 85.2 cm³/mol. The summed E-state index contributed by atoms with van der Waals surface area (Å²) in [5.41, 5.74) is 1.08. The van der Waals surface area contributed by atoms with Crippen LogP contribution >= 0.6 is 0 Å². The summed E-state index contributed by atoms with van der Waals surface area (Å²) >= 11 is 0. The van der Waals surface area contributed by atoms with Gasteiger partial charge in [0.1, 0.15) is 5.82 Å². The molecule has 2 aromatic rings. The first-order valence-electron chi connectivity index (χ1n) is 7.60. The van der Waals surface area contributed by atoms with Crippen molar-refractivity contribution in [1.29, 1.82) is 0 Å². The van der Waals surface area contributed by atoms with E-state index in [2.05, 4.69) is 60.5 Å². The molecule has 0 saturated carbocycles. The number of nitrogens with zero attached hydrogens (tertiary/aromatic N) is 2. The lowest BCUT2D eigenvalue weighted by Crippen LogP contribution is -2.41. The number of benzene rings is 1. The van der Waals surface area contributed by atoms with E-state index in [4.69, 9.17) is 4.98 Å². The smallest absolute Gasteiger partial charge is 0.129 e. The van der Waals surface area contributed by atoms with E-state index in [0.717, 1.165) is 24.4 Å². The van der Waals surface area contributed by atoms with Gasteiger partial charge < -0.3 is 10.2 Å². The molecule has 20 heavy (non-hydrogen) atoms. The molecule has 0 spiro atoms. The van der Waals surface area contributed by atoms with Crippen LogP contribution in [0.1, 0.15) is 26.7 Å². The van der Waals surface area contributed by atoms with Crippen LogP contribution in [0.25, 0.3) is 10.9 Å². The van der Waals surface area contributed by atoms with Gasteiger partial charge in [-0.2, -0.15) is 0 Å². The fourth-order valence-electron chi connectivity index (χ4n) is 2.93. The highest BCUT2D eigenvalue weighted by molar-refractivity contribution is 5.80. The van der Waals surface area contributed by atoms with Crippen LogP contribution in [-0.4, -0.2) is 30.2 Å². The Morgan fingerprint density at radius 1 is 1.25 bits per heavy atom. The lowest BCUT2D eigenvalue weighted by Gasteiger charge is -2.30. The van der Waals surface area contributed by atoms with Crippen LogP contribution in [0.2, 0.25) is 0 Å². The van der Waals surface area contributed by atoms with Gasteiger partial charge in [0, 0.05) is 24.0 Å². The molecule has 0 radical (unpaired) electrons. The van der Waals surface area contributed by atoms with E-state index >= 15 is 0 Å². The van der Waals surface area contributed by atoms with Crippen molar-refractivity contribution in [3.63, 3.8) is 0 Å². The summed E-state index contributed by atoms with van der Waals surface area (Å²) in [6, 6.07) is 13.7. The first kappa shape index (κ1) is 13.4. The Labute approximate surface area is 121 Å². The first-order valence-corrected chi connectivity index (χ1v) is 7.60. The monoisotopic (exact) mass is 269 g/mol.